The van der Waals surface area contributed by atoms with Crippen molar-refractivity contribution >= 4 is 11.6 Å². The number of halogens is 2. The molecule has 0 unspecified atom stereocenters. The Morgan fingerprint density at radius 2 is 2.00 bits per heavy atom. The van der Waals surface area contributed by atoms with Crippen LogP contribution in [0.3, 0.4) is 0 Å². The van der Waals surface area contributed by atoms with Gasteiger partial charge in [-0.1, -0.05) is 0 Å². The van der Waals surface area contributed by atoms with E-state index in [2.05, 4.69) is 15.7 Å². The van der Waals surface area contributed by atoms with Crippen molar-refractivity contribution in [3.63, 3.8) is 0 Å². The molecule has 0 radical (unpaired) electrons. The molecule has 2 rings (SSSR count). The highest BCUT2D eigenvalue weighted by Gasteiger charge is 2.30. The zero-order valence-corrected chi connectivity index (χ0v) is 9.34. The number of nitrogens with one attached hydrogen (secondary N) is 2. The molecular weight excluding hydrogens is 230 g/mol. The summed E-state index contributed by atoms with van der Waals surface area (Å²) in [6.45, 7) is 0. The number of hydrogen-bond acceptors (Lipinski definition) is 5. The average molecular weight is 244 g/mol. The first-order valence-corrected chi connectivity index (χ1v) is 5.26. The zero-order chi connectivity index (χ0) is 12.4. The molecular formula is C10H14F2N4O. The van der Waals surface area contributed by atoms with E-state index in [4.69, 9.17) is 10.6 Å². The highest BCUT2D eigenvalue weighted by molar-refractivity contribution is 5.47. The molecule has 7 heteroatoms. The van der Waals surface area contributed by atoms with Gasteiger partial charge in [0.05, 0.1) is 6.10 Å². The second-order valence-electron chi connectivity index (χ2n) is 3.96. The van der Waals surface area contributed by atoms with Crippen molar-refractivity contribution in [2.24, 2.45) is 5.84 Å². The van der Waals surface area contributed by atoms with E-state index in [9.17, 15) is 8.78 Å². The van der Waals surface area contributed by atoms with Crippen LogP contribution >= 0.6 is 0 Å². The average Bonchev–Trinajstić information content (AvgIpc) is 2.25. The third-order valence-electron chi connectivity index (χ3n) is 2.84. The van der Waals surface area contributed by atoms with Crippen LogP contribution in [0.15, 0.2) is 6.07 Å². The molecule has 0 bridgehead atoms. The van der Waals surface area contributed by atoms with Gasteiger partial charge < -0.3 is 15.5 Å². The number of nitrogens with zero attached hydrogens (tertiary/aromatic N) is 1. The van der Waals surface area contributed by atoms with Crippen LogP contribution < -0.4 is 16.6 Å². The fourth-order valence-corrected chi connectivity index (χ4v) is 1.74. The fourth-order valence-electron chi connectivity index (χ4n) is 1.74. The van der Waals surface area contributed by atoms with Gasteiger partial charge in [-0.05, 0) is 12.8 Å². The molecule has 0 spiro atoms. The lowest BCUT2D eigenvalue weighted by Crippen LogP contribution is -2.40. The van der Waals surface area contributed by atoms with E-state index < -0.39 is 11.6 Å². The van der Waals surface area contributed by atoms with Gasteiger partial charge >= 0.3 is 0 Å². The molecule has 0 amide bonds. The third-order valence-corrected chi connectivity index (χ3v) is 2.84. The first-order valence-electron chi connectivity index (χ1n) is 5.26. The minimum Gasteiger partial charge on any atom is -0.381 e. The van der Waals surface area contributed by atoms with Crippen LogP contribution in [-0.2, 0) is 4.74 Å². The standard InChI is InChI=1S/C10H14F2N4O/c1-17-6-2-5(3-6)14-9-7(11)4-8(12)10(15-9)16-13/h4-6H,2-3,13H2,1H3,(H2,14,15,16). The smallest absolute Gasteiger partial charge is 0.178 e. The van der Waals surface area contributed by atoms with Crippen molar-refractivity contribution in [2.45, 2.75) is 25.0 Å². The van der Waals surface area contributed by atoms with E-state index >= 15 is 0 Å². The first kappa shape index (κ1) is 12.0. The molecule has 1 fully saturated rings. The quantitative estimate of drug-likeness (QED) is 0.549. The predicted molar refractivity (Wildman–Crippen MR) is 59.4 cm³/mol. The highest BCUT2D eigenvalue weighted by atomic mass is 19.1. The van der Waals surface area contributed by atoms with E-state index in [0.29, 0.717) is 0 Å². The van der Waals surface area contributed by atoms with Crippen LogP contribution in [0.2, 0.25) is 0 Å². The van der Waals surface area contributed by atoms with Crippen LogP contribution in [0.5, 0.6) is 0 Å². The van der Waals surface area contributed by atoms with Crippen LogP contribution in [0.25, 0.3) is 0 Å². The Balaban J connectivity index is 2.06. The Morgan fingerprint density at radius 1 is 1.35 bits per heavy atom. The van der Waals surface area contributed by atoms with Crippen LogP contribution in [0.1, 0.15) is 12.8 Å². The second-order valence-corrected chi connectivity index (χ2v) is 3.96. The van der Waals surface area contributed by atoms with Gasteiger partial charge in [0.1, 0.15) is 0 Å². The number of hydrogen-bond donors (Lipinski definition) is 3. The van der Waals surface area contributed by atoms with Crippen molar-refractivity contribution in [3.8, 4) is 0 Å². The lowest BCUT2D eigenvalue weighted by atomic mass is 9.89. The van der Waals surface area contributed by atoms with Crippen LogP contribution in [-0.4, -0.2) is 24.2 Å². The number of methoxy groups -OCH3 is 1. The summed E-state index contributed by atoms with van der Waals surface area (Å²) >= 11 is 0. The first-order chi connectivity index (χ1) is 8.13. The minimum absolute atomic E-state index is 0.00102. The summed E-state index contributed by atoms with van der Waals surface area (Å²) in [6.07, 6.45) is 1.75. The molecule has 1 aromatic heterocycles. The monoisotopic (exact) mass is 244 g/mol. The number of aromatic nitrogens is 1. The van der Waals surface area contributed by atoms with Crippen LogP contribution in [0.4, 0.5) is 20.4 Å². The maximum atomic E-state index is 13.4. The molecule has 1 saturated carbocycles. The molecule has 1 aromatic rings. The highest BCUT2D eigenvalue weighted by Crippen LogP contribution is 2.27. The minimum atomic E-state index is -0.820. The van der Waals surface area contributed by atoms with Gasteiger partial charge in [0, 0.05) is 19.2 Å². The Morgan fingerprint density at radius 3 is 2.59 bits per heavy atom. The summed E-state index contributed by atoms with van der Waals surface area (Å²) in [4.78, 5) is 3.72. The summed E-state index contributed by atoms with van der Waals surface area (Å²) in [5, 5.41) is 2.88. The molecule has 0 atom stereocenters. The molecule has 94 valence electrons. The van der Waals surface area contributed by atoms with E-state index in [0.717, 1.165) is 18.9 Å². The van der Waals surface area contributed by atoms with E-state index in [-0.39, 0.29) is 23.8 Å². The normalized spacial score (nSPS) is 23.1. The molecule has 0 aliphatic heterocycles. The number of pyridine rings is 1. The van der Waals surface area contributed by atoms with Gasteiger partial charge in [0.15, 0.2) is 23.3 Å². The number of anilines is 2. The third kappa shape index (κ3) is 2.45. The Labute approximate surface area is 97.3 Å². The summed E-state index contributed by atoms with van der Waals surface area (Å²) in [6, 6.07) is 0.842. The molecule has 5 nitrogen and oxygen atoms in total. The fraction of sp³-hybridized carbons (Fsp3) is 0.500. The lowest BCUT2D eigenvalue weighted by Gasteiger charge is -2.35. The largest absolute Gasteiger partial charge is 0.381 e. The molecule has 1 aliphatic carbocycles. The van der Waals surface area contributed by atoms with Gasteiger partial charge in [0.2, 0.25) is 0 Å². The summed E-state index contributed by atoms with van der Waals surface area (Å²) in [5.41, 5.74) is 2.07. The Hall–Kier alpha value is -1.47. The van der Waals surface area contributed by atoms with Crippen molar-refractivity contribution in [3.05, 3.63) is 17.7 Å². The SMILES string of the molecule is COC1CC(Nc2nc(NN)c(F)cc2F)C1. The van der Waals surface area contributed by atoms with Gasteiger partial charge in [-0.2, -0.15) is 0 Å². The molecule has 1 aliphatic rings. The van der Waals surface area contributed by atoms with Gasteiger partial charge in [-0.15, -0.1) is 0 Å². The number of ether oxygens (including phenoxy) is 1. The van der Waals surface area contributed by atoms with Crippen LogP contribution in [0, 0.1) is 11.6 Å². The Bertz CT molecular complexity index is 410. The number of hydrazine groups is 1. The summed E-state index contributed by atoms with van der Waals surface area (Å²) < 4.78 is 31.6. The lowest BCUT2D eigenvalue weighted by molar-refractivity contribution is 0.0327. The Kier molecular flexibility index (Phi) is 3.39. The number of nitrogens with two attached hydrogens (primary N) is 1. The van der Waals surface area contributed by atoms with Crippen molar-refractivity contribution in [2.75, 3.05) is 17.9 Å². The summed E-state index contributed by atoms with van der Waals surface area (Å²) in [7, 11) is 1.63. The van der Waals surface area contributed by atoms with Gasteiger partial charge in [-0.25, -0.2) is 19.6 Å². The summed E-state index contributed by atoms with van der Waals surface area (Å²) in [5.74, 6) is 3.33. The maximum absolute atomic E-state index is 13.4. The molecule has 17 heavy (non-hydrogen) atoms. The molecule has 1 heterocycles. The maximum Gasteiger partial charge on any atom is 0.178 e. The van der Waals surface area contributed by atoms with E-state index in [1.54, 1.807) is 7.11 Å². The topological polar surface area (TPSA) is 72.2 Å². The zero-order valence-electron chi connectivity index (χ0n) is 9.34. The van der Waals surface area contributed by atoms with E-state index in [1.165, 1.54) is 0 Å². The molecule has 4 N–H and O–H groups in total. The second kappa shape index (κ2) is 4.80. The van der Waals surface area contributed by atoms with Crippen molar-refractivity contribution < 1.29 is 13.5 Å². The van der Waals surface area contributed by atoms with Gasteiger partial charge in [0.25, 0.3) is 0 Å². The van der Waals surface area contributed by atoms with Crippen molar-refractivity contribution in [1.29, 1.82) is 0 Å². The molecule has 0 saturated heterocycles. The van der Waals surface area contributed by atoms with Crippen molar-refractivity contribution in [1.82, 2.24) is 4.98 Å². The number of rotatable bonds is 4. The van der Waals surface area contributed by atoms with E-state index in [1.807, 2.05) is 0 Å². The van der Waals surface area contributed by atoms with Gasteiger partial charge in [-0.3, -0.25) is 0 Å². The molecule has 0 aromatic carbocycles. The number of nitrogen functional groups attached to an aromatic ring is 1. The predicted octanol–water partition coefficient (Wildman–Crippen LogP) is 1.23.